The van der Waals surface area contributed by atoms with Gasteiger partial charge < -0.3 is 4.90 Å². The molecule has 2 rings (SSSR count). The second-order valence-corrected chi connectivity index (χ2v) is 7.47. The number of anilines is 1. The molecule has 5 nitrogen and oxygen atoms in total. The van der Waals surface area contributed by atoms with E-state index in [4.69, 9.17) is 11.6 Å². The van der Waals surface area contributed by atoms with E-state index >= 15 is 0 Å². The lowest BCUT2D eigenvalue weighted by molar-refractivity contribution is 0.0827. The molecule has 0 radical (unpaired) electrons. The molecular formula is C16H16ClFN2O3S. The zero-order valence-corrected chi connectivity index (χ0v) is 14.9. The van der Waals surface area contributed by atoms with Crippen molar-refractivity contribution in [3.8, 4) is 0 Å². The number of sulfonamides is 1. The first-order valence-corrected chi connectivity index (χ1v) is 8.78. The fourth-order valence-electron chi connectivity index (χ4n) is 2.11. The highest BCUT2D eigenvalue weighted by Gasteiger charge is 2.20. The van der Waals surface area contributed by atoms with E-state index in [0.717, 1.165) is 12.1 Å². The summed E-state index contributed by atoms with van der Waals surface area (Å²) in [6.07, 6.45) is 0. The monoisotopic (exact) mass is 370 g/mol. The Kier molecular flexibility index (Phi) is 5.15. The maximum atomic E-state index is 13.2. The zero-order valence-electron chi connectivity index (χ0n) is 13.3. The molecule has 0 bridgehead atoms. The number of carbonyl (C=O) groups is 1. The Labute approximate surface area is 145 Å². The number of halogens is 2. The van der Waals surface area contributed by atoms with Gasteiger partial charge in [-0.25, -0.2) is 12.8 Å². The summed E-state index contributed by atoms with van der Waals surface area (Å²) < 4.78 is 40.5. The summed E-state index contributed by atoms with van der Waals surface area (Å²) in [5.41, 5.74) is 0.630. The Balaban J connectivity index is 2.42. The number of amides is 1. The lowest BCUT2D eigenvalue weighted by Crippen LogP contribution is -2.22. The first-order valence-electron chi connectivity index (χ1n) is 6.92. The van der Waals surface area contributed by atoms with Gasteiger partial charge in [-0.1, -0.05) is 11.6 Å². The van der Waals surface area contributed by atoms with E-state index in [9.17, 15) is 17.6 Å². The number of benzene rings is 2. The molecule has 0 aromatic heterocycles. The summed E-state index contributed by atoms with van der Waals surface area (Å²) in [4.78, 5) is 13.3. The fourth-order valence-corrected chi connectivity index (χ4v) is 3.63. The normalized spacial score (nSPS) is 11.2. The molecule has 2 aromatic carbocycles. The van der Waals surface area contributed by atoms with Gasteiger partial charge in [0.05, 0.1) is 15.6 Å². The summed E-state index contributed by atoms with van der Waals surface area (Å²) in [5.74, 6) is -0.812. The van der Waals surface area contributed by atoms with Crippen LogP contribution in [0.1, 0.15) is 15.9 Å². The molecule has 0 aliphatic heterocycles. The van der Waals surface area contributed by atoms with Gasteiger partial charge in [-0.05, 0) is 48.9 Å². The van der Waals surface area contributed by atoms with Crippen molar-refractivity contribution in [3.63, 3.8) is 0 Å². The number of rotatable bonds is 4. The molecule has 0 spiro atoms. The van der Waals surface area contributed by atoms with Crippen LogP contribution in [0.3, 0.4) is 0 Å². The van der Waals surface area contributed by atoms with Crippen LogP contribution < -0.4 is 4.72 Å². The van der Waals surface area contributed by atoms with Crippen molar-refractivity contribution in [1.82, 2.24) is 4.90 Å². The molecule has 0 aliphatic carbocycles. The SMILES string of the molecule is Cc1cc(F)ccc1S(=O)(=O)Nc1cc(C(=O)N(C)C)ccc1Cl. The van der Waals surface area contributed by atoms with Gasteiger partial charge in [-0.15, -0.1) is 0 Å². The van der Waals surface area contributed by atoms with Crippen LogP contribution in [-0.4, -0.2) is 33.3 Å². The van der Waals surface area contributed by atoms with Gasteiger partial charge in [0.1, 0.15) is 5.82 Å². The van der Waals surface area contributed by atoms with E-state index in [0.29, 0.717) is 0 Å². The summed E-state index contributed by atoms with van der Waals surface area (Å²) in [5, 5.41) is 0.147. The highest BCUT2D eigenvalue weighted by Crippen LogP contribution is 2.27. The van der Waals surface area contributed by atoms with Crippen molar-refractivity contribution >= 4 is 33.2 Å². The molecule has 8 heteroatoms. The van der Waals surface area contributed by atoms with E-state index in [-0.39, 0.29) is 32.6 Å². The van der Waals surface area contributed by atoms with Gasteiger partial charge in [0, 0.05) is 19.7 Å². The van der Waals surface area contributed by atoms with Crippen molar-refractivity contribution in [2.75, 3.05) is 18.8 Å². The standard InChI is InChI=1S/C16H16ClFN2O3S/c1-10-8-12(18)5-7-15(10)24(22,23)19-14-9-11(4-6-13(14)17)16(21)20(2)3/h4-9,19H,1-3H3. The lowest BCUT2D eigenvalue weighted by Gasteiger charge is -2.14. The third-order valence-electron chi connectivity index (χ3n) is 3.29. The Bertz CT molecular complexity index is 898. The molecule has 0 saturated heterocycles. The van der Waals surface area contributed by atoms with Gasteiger partial charge in [0.2, 0.25) is 0 Å². The largest absolute Gasteiger partial charge is 0.345 e. The molecule has 0 atom stereocenters. The quantitative estimate of drug-likeness (QED) is 0.898. The minimum Gasteiger partial charge on any atom is -0.345 e. The number of hydrogen-bond donors (Lipinski definition) is 1. The molecule has 0 fully saturated rings. The molecule has 0 aliphatic rings. The van der Waals surface area contributed by atoms with Crippen LogP contribution in [0.25, 0.3) is 0 Å². The molecule has 1 N–H and O–H groups in total. The summed E-state index contributed by atoms with van der Waals surface area (Å²) in [6.45, 7) is 1.49. The maximum Gasteiger partial charge on any atom is 0.262 e. The minimum absolute atomic E-state index is 0.0655. The Morgan fingerprint density at radius 3 is 2.42 bits per heavy atom. The average molecular weight is 371 g/mol. The van der Waals surface area contributed by atoms with Crippen molar-refractivity contribution in [1.29, 1.82) is 0 Å². The Morgan fingerprint density at radius 2 is 1.83 bits per heavy atom. The second-order valence-electron chi connectivity index (χ2n) is 5.41. The van der Waals surface area contributed by atoms with Gasteiger partial charge in [-0.2, -0.15) is 0 Å². The first kappa shape index (κ1) is 18.2. The van der Waals surface area contributed by atoms with Crippen LogP contribution in [0.2, 0.25) is 5.02 Å². The lowest BCUT2D eigenvalue weighted by atomic mass is 10.2. The molecule has 0 saturated carbocycles. The van der Waals surface area contributed by atoms with Crippen LogP contribution >= 0.6 is 11.6 Å². The highest BCUT2D eigenvalue weighted by molar-refractivity contribution is 7.92. The van der Waals surface area contributed by atoms with Crippen LogP contribution in [-0.2, 0) is 10.0 Å². The van der Waals surface area contributed by atoms with Crippen molar-refractivity contribution in [2.45, 2.75) is 11.8 Å². The van der Waals surface area contributed by atoms with Crippen LogP contribution in [0.15, 0.2) is 41.3 Å². The van der Waals surface area contributed by atoms with Gasteiger partial charge in [0.15, 0.2) is 0 Å². The van der Waals surface area contributed by atoms with E-state index in [1.807, 2.05) is 0 Å². The van der Waals surface area contributed by atoms with Gasteiger partial charge in [0.25, 0.3) is 15.9 Å². The predicted molar refractivity (Wildman–Crippen MR) is 91.4 cm³/mol. The number of carbonyl (C=O) groups excluding carboxylic acids is 1. The van der Waals surface area contributed by atoms with Crippen molar-refractivity contribution < 1.29 is 17.6 Å². The zero-order chi connectivity index (χ0) is 18.1. The molecule has 1 amide bonds. The highest BCUT2D eigenvalue weighted by atomic mass is 35.5. The van der Waals surface area contributed by atoms with Gasteiger partial charge >= 0.3 is 0 Å². The van der Waals surface area contributed by atoms with E-state index in [2.05, 4.69) is 4.72 Å². The fraction of sp³-hybridized carbons (Fsp3) is 0.188. The summed E-state index contributed by atoms with van der Waals surface area (Å²) in [7, 11) is -0.800. The minimum atomic E-state index is -3.97. The third-order valence-corrected chi connectivity index (χ3v) is 5.15. The summed E-state index contributed by atoms with van der Waals surface area (Å²) >= 11 is 6.03. The average Bonchev–Trinajstić information content (AvgIpc) is 2.48. The third kappa shape index (κ3) is 3.85. The number of nitrogens with one attached hydrogen (secondary N) is 1. The number of nitrogens with zero attached hydrogens (tertiary/aromatic N) is 1. The number of aryl methyl sites for hydroxylation is 1. The van der Waals surface area contributed by atoms with Crippen LogP contribution in [0, 0.1) is 12.7 Å². The molecule has 0 unspecified atom stereocenters. The smallest absolute Gasteiger partial charge is 0.262 e. The van der Waals surface area contributed by atoms with Crippen molar-refractivity contribution in [2.24, 2.45) is 0 Å². The van der Waals surface area contributed by atoms with Crippen LogP contribution in [0.5, 0.6) is 0 Å². The topological polar surface area (TPSA) is 66.5 Å². The predicted octanol–water partition coefficient (Wildman–Crippen LogP) is 3.29. The Hall–Kier alpha value is -2.12. The first-order chi connectivity index (χ1) is 11.1. The van der Waals surface area contributed by atoms with E-state index < -0.39 is 15.8 Å². The maximum absolute atomic E-state index is 13.2. The van der Waals surface area contributed by atoms with Gasteiger partial charge in [-0.3, -0.25) is 9.52 Å². The summed E-state index contributed by atoms with van der Waals surface area (Å²) in [6, 6.07) is 7.67. The molecule has 0 heterocycles. The molecule has 2 aromatic rings. The van der Waals surface area contributed by atoms with Crippen molar-refractivity contribution in [3.05, 3.63) is 58.4 Å². The van der Waals surface area contributed by atoms with E-state index in [1.165, 1.54) is 36.1 Å². The molecule has 24 heavy (non-hydrogen) atoms. The number of hydrogen-bond acceptors (Lipinski definition) is 3. The van der Waals surface area contributed by atoms with Crippen LogP contribution in [0.4, 0.5) is 10.1 Å². The molecular weight excluding hydrogens is 355 g/mol. The molecule has 128 valence electrons. The van der Waals surface area contributed by atoms with E-state index in [1.54, 1.807) is 14.1 Å². The Morgan fingerprint density at radius 1 is 1.17 bits per heavy atom. The second kappa shape index (κ2) is 6.78.